The summed E-state index contributed by atoms with van der Waals surface area (Å²) in [7, 11) is 0.0180. The van der Waals surface area contributed by atoms with Gasteiger partial charge in [-0.1, -0.05) is 0 Å². The molecule has 1 heterocycles. The highest BCUT2D eigenvalue weighted by atomic mass is 32.2. The zero-order valence-electron chi connectivity index (χ0n) is 7.65. The van der Waals surface area contributed by atoms with Gasteiger partial charge in [0.1, 0.15) is 5.54 Å². The molecule has 0 aromatic heterocycles. The van der Waals surface area contributed by atoms with E-state index in [-0.39, 0.29) is 17.9 Å². The summed E-state index contributed by atoms with van der Waals surface area (Å²) in [5.41, 5.74) is -1.21. The summed E-state index contributed by atoms with van der Waals surface area (Å²) in [5.74, 6) is -1.36. The Morgan fingerprint density at radius 1 is 1.46 bits per heavy atom. The number of likely N-dealkylation sites (N-methyl/N-ethyl adjacent to an activating group) is 1. The molecular weight excluding hydrogens is 194 g/mol. The fraction of sp³-hybridized carbons (Fsp3) is 0.857. The minimum absolute atomic E-state index is 0.0303. The highest BCUT2D eigenvalue weighted by Gasteiger charge is 2.50. The van der Waals surface area contributed by atoms with E-state index in [1.165, 1.54) is 4.90 Å². The molecule has 1 saturated heterocycles. The molecule has 0 aromatic rings. The van der Waals surface area contributed by atoms with Crippen molar-refractivity contribution in [2.45, 2.75) is 12.0 Å². The van der Waals surface area contributed by atoms with E-state index in [0.29, 0.717) is 0 Å². The first-order valence-electron chi connectivity index (χ1n) is 3.91. The second-order valence-electron chi connectivity index (χ2n) is 3.57. The van der Waals surface area contributed by atoms with Gasteiger partial charge < -0.3 is 5.11 Å². The molecule has 0 bridgehead atoms. The molecule has 1 aliphatic heterocycles. The number of hydrogen-bond acceptors (Lipinski definition) is 4. The molecule has 13 heavy (non-hydrogen) atoms. The molecule has 1 fully saturated rings. The quantitative estimate of drug-likeness (QED) is 0.641. The topological polar surface area (TPSA) is 74.7 Å². The van der Waals surface area contributed by atoms with Crippen molar-refractivity contribution in [2.24, 2.45) is 0 Å². The Labute approximate surface area is 77.3 Å². The van der Waals surface area contributed by atoms with Gasteiger partial charge in [0.05, 0.1) is 11.5 Å². The summed E-state index contributed by atoms with van der Waals surface area (Å²) in [6, 6.07) is 0. The Kier molecular flexibility index (Phi) is 2.38. The van der Waals surface area contributed by atoms with Gasteiger partial charge in [0.25, 0.3) is 0 Å². The lowest BCUT2D eigenvalue weighted by molar-refractivity contribution is -0.148. The summed E-state index contributed by atoms with van der Waals surface area (Å²) >= 11 is 0. The van der Waals surface area contributed by atoms with E-state index in [4.69, 9.17) is 5.11 Å². The number of rotatable bonds is 2. The number of carboxylic acid groups (broad SMARTS) is 1. The molecule has 0 radical (unpaired) electrons. The van der Waals surface area contributed by atoms with Crippen LogP contribution in [0.2, 0.25) is 0 Å². The van der Waals surface area contributed by atoms with Crippen LogP contribution in [-0.2, 0) is 14.6 Å². The van der Waals surface area contributed by atoms with E-state index in [0.717, 1.165) is 0 Å². The zero-order valence-corrected chi connectivity index (χ0v) is 8.47. The Hall–Kier alpha value is -0.620. The highest BCUT2D eigenvalue weighted by Crippen LogP contribution is 2.28. The fourth-order valence-electron chi connectivity index (χ4n) is 1.55. The maximum atomic E-state index is 11.2. The van der Waals surface area contributed by atoms with Gasteiger partial charge in [-0.3, -0.25) is 9.69 Å². The van der Waals surface area contributed by atoms with Crippen molar-refractivity contribution in [1.82, 2.24) is 4.90 Å². The second kappa shape index (κ2) is 2.95. The van der Waals surface area contributed by atoms with Crippen LogP contribution >= 0.6 is 0 Å². The normalized spacial score (nSPS) is 32.2. The zero-order chi connectivity index (χ0) is 10.3. The molecule has 1 aliphatic rings. The van der Waals surface area contributed by atoms with Crippen LogP contribution in [0.25, 0.3) is 0 Å². The van der Waals surface area contributed by atoms with Crippen LogP contribution in [0, 0.1) is 0 Å². The molecule has 0 saturated carbocycles. The summed E-state index contributed by atoms with van der Waals surface area (Å²) in [6.45, 7) is 0. The third-order valence-corrected chi connectivity index (χ3v) is 4.28. The summed E-state index contributed by atoms with van der Waals surface area (Å²) in [5, 5.41) is 8.96. The first kappa shape index (κ1) is 10.5. The average molecular weight is 207 g/mol. The van der Waals surface area contributed by atoms with Gasteiger partial charge in [0.2, 0.25) is 0 Å². The SMILES string of the molecule is CN(C)C1(C(=O)O)CCS(=O)(=O)C1. The predicted molar refractivity (Wildman–Crippen MR) is 47.3 cm³/mol. The number of nitrogens with zero attached hydrogens (tertiary/aromatic N) is 1. The Bertz CT molecular complexity index is 321. The molecule has 1 atom stereocenters. The molecule has 1 N–H and O–H groups in total. The van der Waals surface area contributed by atoms with E-state index in [1.807, 2.05) is 0 Å². The monoisotopic (exact) mass is 207 g/mol. The van der Waals surface area contributed by atoms with Crippen molar-refractivity contribution < 1.29 is 18.3 Å². The van der Waals surface area contributed by atoms with Crippen molar-refractivity contribution in [3.63, 3.8) is 0 Å². The van der Waals surface area contributed by atoms with E-state index in [9.17, 15) is 13.2 Å². The lowest BCUT2D eigenvalue weighted by atomic mass is 9.98. The first-order chi connectivity index (χ1) is 5.80. The Morgan fingerprint density at radius 3 is 2.15 bits per heavy atom. The van der Waals surface area contributed by atoms with Crippen LogP contribution in [0.4, 0.5) is 0 Å². The Balaban J connectivity index is 3.04. The maximum absolute atomic E-state index is 11.2. The molecule has 0 aliphatic carbocycles. The Morgan fingerprint density at radius 2 is 2.00 bits per heavy atom. The largest absolute Gasteiger partial charge is 0.480 e. The summed E-state index contributed by atoms with van der Waals surface area (Å²) < 4.78 is 22.3. The van der Waals surface area contributed by atoms with Crippen LogP contribution in [0.5, 0.6) is 0 Å². The van der Waals surface area contributed by atoms with Gasteiger partial charge >= 0.3 is 5.97 Å². The third kappa shape index (κ3) is 1.68. The minimum atomic E-state index is -3.17. The number of sulfone groups is 1. The molecule has 0 amide bonds. The maximum Gasteiger partial charge on any atom is 0.325 e. The molecule has 6 heteroatoms. The standard InChI is InChI=1S/C7H13NO4S/c1-8(2)7(6(9)10)3-4-13(11,12)5-7/h3-5H2,1-2H3,(H,9,10). The molecule has 1 rings (SSSR count). The number of carboxylic acids is 1. The number of hydrogen-bond donors (Lipinski definition) is 1. The van der Waals surface area contributed by atoms with E-state index >= 15 is 0 Å². The van der Waals surface area contributed by atoms with Gasteiger partial charge in [0.15, 0.2) is 9.84 Å². The van der Waals surface area contributed by atoms with Crippen LogP contribution in [0.1, 0.15) is 6.42 Å². The van der Waals surface area contributed by atoms with Crippen LogP contribution < -0.4 is 0 Å². The lowest BCUT2D eigenvalue weighted by Gasteiger charge is -2.29. The van der Waals surface area contributed by atoms with E-state index in [2.05, 4.69) is 0 Å². The molecule has 0 aromatic carbocycles. The van der Waals surface area contributed by atoms with Gasteiger partial charge in [-0.05, 0) is 20.5 Å². The lowest BCUT2D eigenvalue weighted by Crippen LogP contribution is -2.52. The van der Waals surface area contributed by atoms with E-state index < -0.39 is 21.3 Å². The van der Waals surface area contributed by atoms with Crippen LogP contribution in [-0.4, -0.2) is 55.5 Å². The van der Waals surface area contributed by atoms with Crippen LogP contribution in [0.15, 0.2) is 0 Å². The molecule has 1 unspecified atom stereocenters. The molecule has 5 nitrogen and oxygen atoms in total. The highest BCUT2D eigenvalue weighted by molar-refractivity contribution is 7.91. The third-order valence-electron chi connectivity index (χ3n) is 2.54. The van der Waals surface area contributed by atoms with Crippen molar-refractivity contribution in [3.05, 3.63) is 0 Å². The van der Waals surface area contributed by atoms with Crippen LogP contribution in [0.3, 0.4) is 0 Å². The second-order valence-corrected chi connectivity index (χ2v) is 5.76. The van der Waals surface area contributed by atoms with Crippen molar-refractivity contribution in [2.75, 3.05) is 25.6 Å². The van der Waals surface area contributed by atoms with E-state index in [1.54, 1.807) is 14.1 Å². The molecule has 76 valence electrons. The van der Waals surface area contributed by atoms with Gasteiger partial charge in [-0.2, -0.15) is 0 Å². The number of aliphatic carboxylic acids is 1. The minimum Gasteiger partial charge on any atom is -0.480 e. The summed E-state index contributed by atoms with van der Waals surface area (Å²) in [6.07, 6.45) is 0.178. The smallest absolute Gasteiger partial charge is 0.325 e. The predicted octanol–water partition coefficient (Wildman–Crippen LogP) is -0.810. The van der Waals surface area contributed by atoms with Crippen molar-refractivity contribution in [1.29, 1.82) is 0 Å². The van der Waals surface area contributed by atoms with Crippen molar-refractivity contribution in [3.8, 4) is 0 Å². The van der Waals surface area contributed by atoms with Gasteiger partial charge in [-0.15, -0.1) is 0 Å². The summed E-state index contributed by atoms with van der Waals surface area (Å²) in [4.78, 5) is 12.4. The number of carbonyl (C=O) groups is 1. The van der Waals surface area contributed by atoms with Crippen molar-refractivity contribution >= 4 is 15.8 Å². The van der Waals surface area contributed by atoms with Gasteiger partial charge in [-0.25, -0.2) is 8.42 Å². The fourth-order valence-corrected chi connectivity index (χ4v) is 3.59. The molecular formula is C7H13NO4S. The molecule has 0 spiro atoms. The average Bonchev–Trinajstić information content (AvgIpc) is 2.27. The first-order valence-corrected chi connectivity index (χ1v) is 5.73. The van der Waals surface area contributed by atoms with Gasteiger partial charge in [0, 0.05) is 0 Å².